The molecule has 3 nitrogen and oxygen atoms in total. The first-order valence-corrected chi connectivity index (χ1v) is 6.95. The molecule has 0 aromatic heterocycles. The summed E-state index contributed by atoms with van der Waals surface area (Å²) < 4.78 is 0. The molecule has 1 aliphatic rings. The molecule has 1 aliphatic heterocycles. The number of nitrogens with two attached hydrogens (primary N) is 1. The lowest BCUT2D eigenvalue weighted by Crippen LogP contribution is -2.44. The average Bonchev–Trinajstić information content (AvgIpc) is 2.46. The highest BCUT2D eigenvalue weighted by atomic mass is 16.3. The number of nitrogens with zero attached hydrogens (tertiary/aromatic N) is 1. The maximum atomic E-state index is 9.44. The Morgan fingerprint density at radius 3 is 2.72 bits per heavy atom. The van der Waals surface area contributed by atoms with Gasteiger partial charge in [0.15, 0.2) is 0 Å². The topological polar surface area (TPSA) is 49.5 Å². The van der Waals surface area contributed by atoms with E-state index in [0.29, 0.717) is 18.5 Å². The second kappa shape index (κ2) is 6.88. The summed E-state index contributed by atoms with van der Waals surface area (Å²) in [6.45, 7) is 2.99. The third-order valence-electron chi connectivity index (χ3n) is 3.97. The molecular weight excluding hydrogens is 224 g/mol. The smallest absolute Gasteiger partial charge is 0.0586 e. The number of piperidine rings is 1. The molecular formula is C15H24N2O. The van der Waals surface area contributed by atoms with Gasteiger partial charge in [-0.25, -0.2) is 0 Å². The van der Waals surface area contributed by atoms with Crippen LogP contribution in [0.3, 0.4) is 0 Å². The Bertz CT molecular complexity index is 342. The van der Waals surface area contributed by atoms with Crippen molar-refractivity contribution in [2.75, 3.05) is 26.2 Å². The van der Waals surface area contributed by atoms with E-state index in [-0.39, 0.29) is 6.61 Å². The molecule has 18 heavy (non-hydrogen) atoms. The monoisotopic (exact) mass is 248 g/mol. The lowest BCUT2D eigenvalue weighted by Gasteiger charge is -2.36. The number of rotatable bonds is 5. The molecule has 3 heteroatoms. The maximum Gasteiger partial charge on any atom is 0.0586 e. The molecule has 0 bridgehead atoms. The Hall–Kier alpha value is -0.900. The van der Waals surface area contributed by atoms with Crippen LogP contribution in [0.2, 0.25) is 0 Å². The van der Waals surface area contributed by atoms with Crippen molar-refractivity contribution in [3.63, 3.8) is 0 Å². The summed E-state index contributed by atoms with van der Waals surface area (Å²) in [7, 11) is 0. The van der Waals surface area contributed by atoms with Gasteiger partial charge in [0.25, 0.3) is 0 Å². The van der Waals surface area contributed by atoms with Crippen LogP contribution in [0.5, 0.6) is 0 Å². The molecule has 1 heterocycles. The van der Waals surface area contributed by atoms with Gasteiger partial charge in [0.2, 0.25) is 0 Å². The first-order valence-electron chi connectivity index (χ1n) is 6.95. The van der Waals surface area contributed by atoms with E-state index in [0.717, 1.165) is 19.5 Å². The van der Waals surface area contributed by atoms with Crippen molar-refractivity contribution >= 4 is 0 Å². The van der Waals surface area contributed by atoms with Crippen molar-refractivity contribution in [1.29, 1.82) is 0 Å². The molecule has 0 saturated carbocycles. The van der Waals surface area contributed by atoms with Crippen molar-refractivity contribution in [1.82, 2.24) is 4.90 Å². The summed E-state index contributed by atoms with van der Waals surface area (Å²) in [6, 6.07) is 10.8. The fourth-order valence-electron chi connectivity index (χ4n) is 2.83. The Morgan fingerprint density at radius 2 is 2.06 bits per heavy atom. The standard InChI is InChI=1S/C15H24N2O/c16-10-14(13-6-2-1-3-7-13)11-17-9-5-4-8-15(17)12-18/h1-3,6-7,14-15,18H,4-5,8-12,16H2. The van der Waals surface area contributed by atoms with Crippen molar-refractivity contribution in [2.24, 2.45) is 5.73 Å². The van der Waals surface area contributed by atoms with Gasteiger partial charge in [-0.15, -0.1) is 0 Å². The summed E-state index contributed by atoms with van der Waals surface area (Å²) >= 11 is 0. The van der Waals surface area contributed by atoms with Crippen LogP contribution in [-0.2, 0) is 0 Å². The van der Waals surface area contributed by atoms with Crippen molar-refractivity contribution in [3.05, 3.63) is 35.9 Å². The molecule has 2 unspecified atom stereocenters. The fourth-order valence-corrected chi connectivity index (χ4v) is 2.83. The first-order chi connectivity index (χ1) is 8.85. The second-order valence-corrected chi connectivity index (χ2v) is 5.17. The third-order valence-corrected chi connectivity index (χ3v) is 3.97. The van der Waals surface area contributed by atoms with E-state index in [9.17, 15) is 5.11 Å². The summed E-state index contributed by atoms with van der Waals surface area (Å²) in [5.74, 6) is 0.373. The van der Waals surface area contributed by atoms with Crippen LogP contribution >= 0.6 is 0 Å². The molecule has 0 aliphatic carbocycles. The molecule has 2 rings (SSSR count). The zero-order valence-corrected chi connectivity index (χ0v) is 11.0. The quantitative estimate of drug-likeness (QED) is 0.831. The van der Waals surface area contributed by atoms with E-state index < -0.39 is 0 Å². The Balaban J connectivity index is 2.01. The highest BCUT2D eigenvalue weighted by Gasteiger charge is 2.24. The molecule has 0 radical (unpaired) electrons. The molecule has 1 aromatic carbocycles. The van der Waals surface area contributed by atoms with Crippen LogP contribution in [0, 0.1) is 0 Å². The van der Waals surface area contributed by atoms with E-state index in [2.05, 4.69) is 29.2 Å². The van der Waals surface area contributed by atoms with Gasteiger partial charge in [-0.1, -0.05) is 36.8 Å². The SMILES string of the molecule is NCC(CN1CCCCC1CO)c1ccccc1. The number of aliphatic hydroxyl groups is 1. The molecule has 3 N–H and O–H groups in total. The van der Waals surface area contributed by atoms with Crippen LogP contribution in [0.15, 0.2) is 30.3 Å². The largest absolute Gasteiger partial charge is 0.395 e. The van der Waals surface area contributed by atoms with Crippen LogP contribution in [0.1, 0.15) is 30.7 Å². The first kappa shape index (κ1) is 13.5. The third kappa shape index (κ3) is 3.31. The van der Waals surface area contributed by atoms with Crippen molar-refractivity contribution in [3.8, 4) is 0 Å². The number of hydrogen-bond donors (Lipinski definition) is 2. The summed E-state index contributed by atoms with van der Waals surface area (Å²) in [5.41, 5.74) is 7.23. The molecule has 1 saturated heterocycles. The minimum absolute atomic E-state index is 0.270. The zero-order chi connectivity index (χ0) is 12.8. The van der Waals surface area contributed by atoms with E-state index in [1.54, 1.807) is 0 Å². The zero-order valence-electron chi connectivity index (χ0n) is 11.0. The number of aliphatic hydroxyl groups excluding tert-OH is 1. The Labute approximate surface area is 110 Å². The number of likely N-dealkylation sites (tertiary alicyclic amines) is 1. The molecule has 100 valence electrons. The van der Waals surface area contributed by atoms with Gasteiger partial charge >= 0.3 is 0 Å². The Morgan fingerprint density at radius 1 is 1.28 bits per heavy atom. The van der Waals surface area contributed by atoms with Crippen molar-refractivity contribution in [2.45, 2.75) is 31.2 Å². The van der Waals surface area contributed by atoms with Crippen LogP contribution in [0.4, 0.5) is 0 Å². The predicted octanol–water partition coefficient (Wildman–Crippen LogP) is 1.58. The van der Waals surface area contributed by atoms with Gasteiger partial charge in [-0.05, 0) is 24.9 Å². The molecule has 0 spiro atoms. The van der Waals surface area contributed by atoms with Gasteiger partial charge < -0.3 is 10.8 Å². The highest BCUT2D eigenvalue weighted by molar-refractivity contribution is 5.20. The van der Waals surface area contributed by atoms with Gasteiger partial charge in [0.05, 0.1) is 6.61 Å². The molecule has 1 aromatic rings. The van der Waals surface area contributed by atoms with Gasteiger partial charge in [-0.3, -0.25) is 4.90 Å². The van der Waals surface area contributed by atoms with E-state index >= 15 is 0 Å². The minimum Gasteiger partial charge on any atom is -0.395 e. The summed E-state index contributed by atoms with van der Waals surface area (Å²) in [5, 5.41) is 9.44. The Kier molecular flexibility index (Phi) is 5.17. The molecule has 0 amide bonds. The summed E-state index contributed by atoms with van der Waals surface area (Å²) in [6.07, 6.45) is 3.59. The molecule has 1 fully saturated rings. The van der Waals surface area contributed by atoms with Crippen LogP contribution in [-0.4, -0.2) is 42.3 Å². The van der Waals surface area contributed by atoms with Crippen LogP contribution < -0.4 is 5.73 Å². The minimum atomic E-state index is 0.270. The van der Waals surface area contributed by atoms with Crippen LogP contribution in [0.25, 0.3) is 0 Å². The lowest BCUT2D eigenvalue weighted by molar-refractivity contribution is 0.0851. The molecule has 2 atom stereocenters. The average molecular weight is 248 g/mol. The van der Waals surface area contributed by atoms with E-state index in [1.165, 1.54) is 18.4 Å². The van der Waals surface area contributed by atoms with Gasteiger partial charge in [0.1, 0.15) is 0 Å². The van der Waals surface area contributed by atoms with Gasteiger partial charge in [-0.2, -0.15) is 0 Å². The number of benzene rings is 1. The van der Waals surface area contributed by atoms with E-state index in [1.807, 2.05) is 6.07 Å². The highest BCUT2D eigenvalue weighted by Crippen LogP contribution is 2.22. The fraction of sp³-hybridized carbons (Fsp3) is 0.600. The van der Waals surface area contributed by atoms with Gasteiger partial charge in [0, 0.05) is 25.0 Å². The van der Waals surface area contributed by atoms with E-state index in [4.69, 9.17) is 5.73 Å². The number of hydrogen-bond acceptors (Lipinski definition) is 3. The lowest BCUT2D eigenvalue weighted by atomic mass is 9.95. The normalized spacial score (nSPS) is 22.9. The predicted molar refractivity (Wildman–Crippen MR) is 74.5 cm³/mol. The van der Waals surface area contributed by atoms with Crippen molar-refractivity contribution < 1.29 is 5.11 Å². The second-order valence-electron chi connectivity index (χ2n) is 5.17. The summed E-state index contributed by atoms with van der Waals surface area (Å²) in [4.78, 5) is 2.41. The maximum absolute atomic E-state index is 9.44.